The van der Waals surface area contributed by atoms with Crippen molar-refractivity contribution in [3.8, 4) is 17.0 Å². The van der Waals surface area contributed by atoms with Gasteiger partial charge in [-0.3, -0.25) is 19.3 Å². The number of fused-ring (bicyclic) bond motifs is 1. The van der Waals surface area contributed by atoms with Crippen molar-refractivity contribution in [3.63, 3.8) is 0 Å². The highest BCUT2D eigenvalue weighted by molar-refractivity contribution is 5.61. The van der Waals surface area contributed by atoms with E-state index in [1.165, 1.54) is 4.90 Å². The zero-order chi connectivity index (χ0) is 24.4. The molecule has 0 amide bonds. The molecule has 35 heavy (non-hydrogen) atoms. The lowest BCUT2D eigenvalue weighted by Gasteiger charge is -2.38. The molecule has 186 valence electrons. The molecule has 2 aliphatic rings. The van der Waals surface area contributed by atoms with Crippen molar-refractivity contribution in [2.45, 2.75) is 18.6 Å². The Labute approximate surface area is 201 Å². The molecule has 0 unspecified atom stereocenters. The summed E-state index contributed by atoms with van der Waals surface area (Å²) in [6.07, 6.45) is -2.06. The lowest BCUT2D eigenvalue weighted by Crippen LogP contribution is -2.49. The molecule has 0 spiro atoms. The quantitative estimate of drug-likeness (QED) is 0.460. The summed E-state index contributed by atoms with van der Waals surface area (Å²) in [6.45, 7) is 1.81. The summed E-state index contributed by atoms with van der Waals surface area (Å²) in [5.41, 5.74) is 4.57. The summed E-state index contributed by atoms with van der Waals surface area (Å²) in [4.78, 5) is 3.64. The molecule has 9 heteroatoms. The summed E-state index contributed by atoms with van der Waals surface area (Å²) in [5, 5.41) is 6.93. The number of alkyl halides is 4. The van der Waals surface area contributed by atoms with Gasteiger partial charge in [-0.05, 0) is 52.9 Å². The topological polar surface area (TPSA) is 44.4 Å². The van der Waals surface area contributed by atoms with Gasteiger partial charge in [0.05, 0.1) is 25.0 Å². The summed E-state index contributed by atoms with van der Waals surface area (Å²) >= 11 is 0. The van der Waals surface area contributed by atoms with Gasteiger partial charge in [0, 0.05) is 38.3 Å². The number of H-pyrrole nitrogens is 1. The molecule has 0 radical (unpaired) electrons. The molecule has 3 heterocycles. The Morgan fingerprint density at radius 1 is 1.06 bits per heavy atom. The fourth-order valence-corrected chi connectivity index (χ4v) is 5.05. The van der Waals surface area contributed by atoms with Crippen molar-refractivity contribution in [2.24, 2.45) is 5.92 Å². The molecule has 2 aromatic carbocycles. The van der Waals surface area contributed by atoms with E-state index in [0.717, 1.165) is 47.6 Å². The fourth-order valence-electron chi connectivity index (χ4n) is 5.05. The van der Waals surface area contributed by atoms with Gasteiger partial charge >= 0.3 is 6.18 Å². The van der Waals surface area contributed by atoms with Crippen LogP contribution in [0.4, 0.5) is 17.6 Å². The van der Waals surface area contributed by atoms with Gasteiger partial charge < -0.3 is 4.74 Å². The average molecular weight is 489 g/mol. The van der Waals surface area contributed by atoms with Crippen LogP contribution in [0.25, 0.3) is 11.3 Å². The van der Waals surface area contributed by atoms with Crippen LogP contribution in [0.1, 0.15) is 22.7 Å². The van der Waals surface area contributed by atoms with Gasteiger partial charge in [-0.2, -0.15) is 18.3 Å². The third kappa shape index (κ3) is 5.51. The fraction of sp³-hybridized carbons (Fsp3) is 0.423. The third-order valence-corrected chi connectivity index (χ3v) is 6.79. The number of hydrogen-bond acceptors (Lipinski definition) is 4. The van der Waals surface area contributed by atoms with Crippen LogP contribution < -0.4 is 4.74 Å². The predicted octanol–water partition coefficient (Wildman–Crippen LogP) is 4.87. The minimum atomic E-state index is -4.29. The number of benzene rings is 2. The largest absolute Gasteiger partial charge is 0.492 e. The van der Waals surface area contributed by atoms with Crippen LogP contribution in [-0.2, 0) is 6.42 Å². The number of ether oxygens (including phenoxy) is 1. The van der Waals surface area contributed by atoms with Gasteiger partial charge in [-0.1, -0.05) is 24.3 Å². The van der Waals surface area contributed by atoms with Gasteiger partial charge in [0.1, 0.15) is 12.4 Å². The summed E-state index contributed by atoms with van der Waals surface area (Å²) < 4.78 is 58.6. The molecular weight excluding hydrogens is 460 g/mol. The Morgan fingerprint density at radius 3 is 2.54 bits per heavy atom. The molecule has 2 aliphatic heterocycles. The third-order valence-electron chi connectivity index (χ3n) is 6.79. The average Bonchev–Trinajstić information content (AvgIpc) is 3.35. The van der Waals surface area contributed by atoms with Crippen LogP contribution >= 0.6 is 0 Å². The van der Waals surface area contributed by atoms with E-state index in [9.17, 15) is 17.6 Å². The maximum atomic E-state index is 13.4. The molecule has 1 atom stereocenters. The van der Waals surface area contributed by atoms with Gasteiger partial charge in [0.2, 0.25) is 0 Å². The van der Waals surface area contributed by atoms with Crippen LogP contribution in [0.2, 0.25) is 0 Å². The normalized spacial score (nSPS) is 19.4. The Morgan fingerprint density at radius 2 is 1.86 bits per heavy atom. The van der Waals surface area contributed by atoms with Gasteiger partial charge in [-0.15, -0.1) is 0 Å². The number of likely N-dealkylation sites (tertiary alicyclic amines) is 1. The standard InChI is InChI=1S/C26H28F4N4O/c27-14-18-15-33(16-18)11-12-35-22-4-1-19(2-5-22)25-23-6-3-21(24-7-9-31-32-24)13-20(23)8-10-34(25)17-26(28,29)30/h1-7,9,13,18,25H,8,10-12,14-17H2,(H,31,32)/t25-/m1/s1. The molecule has 0 aliphatic carbocycles. The first-order chi connectivity index (χ1) is 16.9. The highest BCUT2D eigenvalue weighted by Crippen LogP contribution is 2.38. The van der Waals surface area contributed by atoms with Crippen molar-refractivity contribution in [1.29, 1.82) is 0 Å². The highest BCUT2D eigenvalue weighted by atomic mass is 19.4. The van der Waals surface area contributed by atoms with E-state index in [4.69, 9.17) is 4.74 Å². The van der Waals surface area contributed by atoms with Crippen molar-refractivity contribution >= 4 is 0 Å². The molecular formula is C26H28F4N4O. The van der Waals surface area contributed by atoms with Crippen LogP contribution in [0, 0.1) is 5.92 Å². The molecule has 0 saturated carbocycles. The van der Waals surface area contributed by atoms with Crippen molar-refractivity contribution < 1.29 is 22.3 Å². The lowest BCUT2D eigenvalue weighted by atomic mass is 9.86. The van der Waals surface area contributed by atoms with E-state index in [2.05, 4.69) is 15.1 Å². The Bertz CT molecular complexity index is 1110. The van der Waals surface area contributed by atoms with Gasteiger partial charge in [0.25, 0.3) is 0 Å². The molecule has 1 N–H and O–H groups in total. The number of rotatable bonds is 8. The molecule has 1 aromatic heterocycles. The summed E-state index contributed by atoms with van der Waals surface area (Å²) in [6, 6.07) is 14.6. The Hall–Kier alpha value is -2.91. The second-order valence-electron chi connectivity index (χ2n) is 9.32. The number of aromatic amines is 1. The summed E-state index contributed by atoms with van der Waals surface area (Å²) in [7, 11) is 0. The van der Waals surface area contributed by atoms with Gasteiger partial charge in [-0.25, -0.2) is 0 Å². The zero-order valence-corrected chi connectivity index (χ0v) is 19.3. The summed E-state index contributed by atoms with van der Waals surface area (Å²) in [5.74, 6) is 0.812. The molecule has 5 rings (SSSR count). The van der Waals surface area contributed by atoms with Crippen LogP contribution in [0.5, 0.6) is 5.75 Å². The maximum absolute atomic E-state index is 13.4. The first-order valence-corrected chi connectivity index (χ1v) is 11.8. The van der Waals surface area contributed by atoms with Crippen LogP contribution in [0.15, 0.2) is 54.7 Å². The van der Waals surface area contributed by atoms with Crippen molar-refractivity contribution in [3.05, 3.63) is 71.4 Å². The Kier molecular flexibility index (Phi) is 6.80. The van der Waals surface area contributed by atoms with E-state index in [0.29, 0.717) is 25.3 Å². The molecule has 0 bridgehead atoms. The van der Waals surface area contributed by atoms with Gasteiger partial charge in [0.15, 0.2) is 0 Å². The van der Waals surface area contributed by atoms with Crippen LogP contribution in [0.3, 0.4) is 0 Å². The second-order valence-corrected chi connectivity index (χ2v) is 9.32. The Balaban J connectivity index is 1.33. The van der Waals surface area contributed by atoms with E-state index in [1.54, 1.807) is 6.20 Å². The number of nitrogens with one attached hydrogen (secondary N) is 1. The number of halogens is 4. The van der Waals surface area contributed by atoms with E-state index in [1.807, 2.05) is 48.5 Å². The molecule has 1 saturated heterocycles. The molecule has 1 fully saturated rings. The van der Waals surface area contributed by atoms with E-state index in [-0.39, 0.29) is 12.6 Å². The highest BCUT2D eigenvalue weighted by Gasteiger charge is 2.37. The first-order valence-electron chi connectivity index (χ1n) is 11.8. The number of aromatic nitrogens is 2. The minimum absolute atomic E-state index is 0.142. The minimum Gasteiger partial charge on any atom is -0.492 e. The van der Waals surface area contributed by atoms with E-state index < -0.39 is 18.8 Å². The lowest BCUT2D eigenvalue weighted by molar-refractivity contribution is -0.150. The van der Waals surface area contributed by atoms with Crippen molar-refractivity contribution in [1.82, 2.24) is 20.0 Å². The maximum Gasteiger partial charge on any atom is 0.401 e. The first kappa shape index (κ1) is 23.8. The van der Waals surface area contributed by atoms with Crippen molar-refractivity contribution in [2.75, 3.05) is 46.0 Å². The zero-order valence-electron chi connectivity index (χ0n) is 19.3. The number of hydrogen-bond donors (Lipinski definition) is 1. The molecule has 5 nitrogen and oxygen atoms in total. The second kappa shape index (κ2) is 9.99. The monoisotopic (exact) mass is 488 g/mol. The molecule has 3 aromatic rings. The number of nitrogens with zero attached hydrogens (tertiary/aromatic N) is 3. The smallest absolute Gasteiger partial charge is 0.401 e. The predicted molar refractivity (Wildman–Crippen MR) is 125 cm³/mol. The van der Waals surface area contributed by atoms with E-state index >= 15 is 0 Å². The SMILES string of the molecule is FCC1CN(CCOc2ccc([C@@H]3c4ccc(-c5ccn[nH]5)cc4CCN3CC(F)(F)F)cc2)C1. The van der Waals surface area contributed by atoms with Crippen LogP contribution in [-0.4, -0.2) is 72.2 Å².